The van der Waals surface area contributed by atoms with E-state index in [0.29, 0.717) is 130 Å². The lowest BCUT2D eigenvalue weighted by molar-refractivity contribution is -0.155. The van der Waals surface area contributed by atoms with Crippen LogP contribution in [0.15, 0.2) is 36.4 Å². The van der Waals surface area contributed by atoms with E-state index < -0.39 is 64.9 Å². The van der Waals surface area contributed by atoms with Gasteiger partial charge < -0.3 is 55.3 Å². The minimum Gasteiger partial charge on any atom is -0.460 e. The smallest absolute Gasteiger partial charge is 0.306 e. The fourth-order valence-corrected chi connectivity index (χ4v) is 7.83. The molecule has 8 N–H and O–H groups in total. The SMILES string of the molecule is CC(C)(C)OC(=O)CCCOCCOCCN.CCCOCCOCCNc1cccc2c1C(=O)N(C1CCC(=O)NC1=O)C2=O.NCCOCCOCCNc1cccc2c1C(=O)N(C1CCC(=O)NC1=O)C2=O. The van der Waals surface area contributed by atoms with Crippen LogP contribution in [-0.2, 0) is 57.1 Å². The third-order valence-corrected chi connectivity index (χ3v) is 11.1. The molecule has 6 rings (SSSR count). The minimum absolute atomic E-state index is 0.0846. The number of imide groups is 4. The lowest BCUT2D eigenvalue weighted by atomic mass is 10.0. The van der Waals surface area contributed by atoms with Crippen LogP contribution in [0.1, 0.15) is 114 Å². The van der Waals surface area contributed by atoms with Crippen molar-refractivity contribution in [3.63, 3.8) is 0 Å². The summed E-state index contributed by atoms with van der Waals surface area (Å²) in [6.45, 7) is 15.5. The number of hydrogen-bond acceptors (Lipinski definition) is 20. The molecule has 2 aromatic rings. The Kier molecular flexibility index (Phi) is 26.4. The Hall–Kier alpha value is -6.25. The van der Waals surface area contributed by atoms with E-state index in [1.165, 1.54) is 0 Å². The average molecular weight is 1060 g/mol. The van der Waals surface area contributed by atoms with Crippen LogP contribution in [0.2, 0.25) is 0 Å². The zero-order valence-corrected chi connectivity index (χ0v) is 43.5. The number of rotatable bonds is 29. The molecule has 2 saturated heterocycles. The number of carbonyl (C=O) groups excluding carboxylic acids is 9. The first kappa shape index (κ1) is 61.3. The van der Waals surface area contributed by atoms with Gasteiger partial charge in [-0.3, -0.25) is 63.6 Å². The predicted octanol–water partition coefficient (Wildman–Crippen LogP) is 1.53. The van der Waals surface area contributed by atoms with E-state index in [-0.39, 0.29) is 53.9 Å². The fraction of sp³-hybridized carbons (Fsp3) is 0.588. The van der Waals surface area contributed by atoms with E-state index in [9.17, 15) is 43.2 Å². The number of anilines is 2. The Bertz CT molecular complexity index is 2140. The quantitative estimate of drug-likeness (QED) is 0.0382. The average Bonchev–Trinajstić information content (AvgIpc) is 3.78. The van der Waals surface area contributed by atoms with E-state index in [2.05, 4.69) is 21.3 Å². The van der Waals surface area contributed by atoms with Gasteiger partial charge in [-0.05, 0) is 70.7 Å². The first-order chi connectivity index (χ1) is 36.0. The highest BCUT2D eigenvalue weighted by molar-refractivity contribution is 6.26. The van der Waals surface area contributed by atoms with Crippen LogP contribution in [0.25, 0.3) is 0 Å². The summed E-state index contributed by atoms with van der Waals surface area (Å²) in [7, 11) is 0. The lowest BCUT2D eigenvalue weighted by Crippen LogP contribution is -2.54. The summed E-state index contributed by atoms with van der Waals surface area (Å²) in [5.41, 5.74) is 12.1. The van der Waals surface area contributed by atoms with Crippen molar-refractivity contribution in [1.29, 1.82) is 0 Å². The van der Waals surface area contributed by atoms with Gasteiger partial charge in [-0.1, -0.05) is 19.1 Å². The van der Waals surface area contributed by atoms with Crippen molar-refractivity contribution in [2.45, 2.75) is 90.3 Å². The van der Waals surface area contributed by atoms with Crippen molar-refractivity contribution in [3.05, 3.63) is 58.7 Å². The molecule has 2 atom stereocenters. The van der Waals surface area contributed by atoms with E-state index in [4.69, 9.17) is 44.6 Å². The molecule has 2 aromatic carbocycles. The summed E-state index contributed by atoms with van der Waals surface area (Å²) in [4.78, 5) is 112. The molecule has 0 aliphatic carbocycles. The lowest BCUT2D eigenvalue weighted by Gasteiger charge is -2.27. The van der Waals surface area contributed by atoms with Gasteiger partial charge in [0.2, 0.25) is 23.6 Å². The molecule has 4 heterocycles. The Morgan fingerprint density at radius 2 is 0.973 bits per heavy atom. The minimum atomic E-state index is -0.982. The molecule has 2 fully saturated rings. The monoisotopic (exact) mass is 1050 g/mol. The Balaban J connectivity index is 0.000000253. The van der Waals surface area contributed by atoms with Gasteiger partial charge in [0.05, 0.1) is 88.3 Å². The van der Waals surface area contributed by atoms with E-state index >= 15 is 0 Å². The second kappa shape index (κ2) is 32.2. The third-order valence-electron chi connectivity index (χ3n) is 11.1. The summed E-state index contributed by atoms with van der Waals surface area (Å²) < 4.78 is 37.0. The zero-order chi connectivity index (χ0) is 54.8. The predicted molar refractivity (Wildman–Crippen MR) is 272 cm³/mol. The zero-order valence-electron chi connectivity index (χ0n) is 43.5. The first-order valence-corrected chi connectivity index (χ1v) is 25.3. The number of fused-ring (bicyclic) bond motifs is 2. The highest BCUT2D eigenvalue weighted by Crippen LogP contribution is 2.34. The van der Waals surface area contributed by atoms with Gasteiger partial charge in [-0.25, -0.2) is 0 Å². The number of carbonyl (C=O) groups is 9. The van der Waals surface area contributed by atoms with Crippen LogP contribution in [-0.4, -0.2) is 186 Å². The summed E-state index contributed by atoms with van der Waals surface area (Å²) >= 11 is 0. The van der Waals surface area contributed by atoms with Crippen molar-refractivity contribution >= 4 is 64.6 Å². The second-order valence-electron chi connectivity index (χ2n) is 18.1. The first-order valence-electron chi connectivity index (χ1n) is 25.3. The summed E-state index contributed by atoms with van der Waals surface area (Å²) in [6.07, 6.45) is 2.46. The van der Waals surface area contributed by atoms with Gasteiger partial charge in [0.25, 0.3) is 23.6 Å². The molecule has 414 valence electrons. The molecule has 24 nitrogen and oxygen atoms in total. The maximum absolute atomic E-state index is 12.9. The molecular weight excluding hydrogens is 981 g/mol. The Labute approximate surface area is 436 Å². The molecule has 24 heteroatoms. The van der Waals surface area contributed by atoms with Crippen molar-refractivity contribution in [2.24, 2.45) is 11.5 Å². The second-order valence-corrected chi connectivity index (χ2v) is 18.1. The maximum atomic E-state index is 12.9. The summed E-state index contributed by atoms with van der Waals surface area (Å²) in [6, 6.07) is 7.92. The molecule has 0 saturated carbocycles. The molecule has 4 aliphatic heterocycles. The van der Waals surface area contributed by atoms with Crippen LogP contribution in [0.3, 0.4) is 0 Å². The molecule has 8 amide bonds. The highest BCUT2D eigenvalue weighted by atomic mass is 16.6. The van der Waals surface area contributed by atoms with Gasteiger partial charge in [0, 0.05) is 70.0 Å². The van der Waals surface area contributed by atoms with E-state index in [1.807, 2.05) is 27.7 Å². The number of piperidine rings is 2. The summed E-state index contributed by atoms with van der Waals surface area (Å²) in [5.74, 6) is -4.36. The van der Waals surface area contributed by atoms with Gasteiger partial charge >= 0.3 is 5.97 Å². The van der Waals surface area contributed by atoms with E-state index in [1.54, 1.807) is 36.4 Å². The van der Waals surface area contributed by atoms with Gasteiger partial charge in [-0.2, -0.15) is 0 Å². The Morgan fingerprint density at radius 3 is 1.36 bits per heavy atom. The molecular formula is C51H74N8O16. The largest absolute Gasteiger partial charge is 0.460 e. The number of esters is 1. The molecule has 4 aliphatic rings. The number of nitrogens with two attached hydrogens (primary N) is 2. The number of hydrogen-bond donors (Lipinski definition) is 6. The van der Waals surface area contributed by atoms with Crippen molar-refractivity contribution in [2.75, 3.05) is 116 Å². The normalized spacial score (nSPS) is 17.1. The van der Waals surface area contributed by atoms with Gasteiger partial charge in [0.15, 0.2) is 0 Å². The van der Waals surface area contributed by atoms with Crippen molar-refractivity contribution < 1.29 is 76.3 Å². The topological polar surface area (TPSA) is 325 Å². The van der Waals surface area contributed by atoms with Crippen LogP contribution in [0.5, 0.6) is 0 Å². The highest BCUT2D eigenvalue weighted by Gasteiger charge is 2.47. The van der Waals surface area contributed by atoms with E-state index in [0.717, 1.165) is 16.2 Å². The number of ether oxygens (including phenoxy) is 7. The van der Waals surface area contributed by atoms with Crippen molar-refractivity contribution in [1.82, 2.24) is 20.4 Å². The maximum Gasteiger partial charge on any atom is 0.306 e. The number of benzene rings is 2. The number of nitrogens with zero attached hydrogens (tertiary/aromatic N) is 2. The molecule has 0 radical (unpaired) electrons. The molecule has 0 spiro atoms. The summed E-state index contributed by atoms with van der Waals surface area (Å²) in [5, 5.41) is 10.6. The van der Waals surface area contributed by atoms with Crippen LogP contribution < -0.4 is 32.7 Å². The number of amides is 8. The third kappa shape index (κ3) is 19.4. The Morgan fingerprint density at radius 1 is 0.573 bits per heavy atom. The van der Waals surface area contributed by atoms with Crippen molar-refractivity contribution in [3.8, 4) is 0 Å². The fourth-order valence-electron chi connectivity index (χ4n) is 7.83. The van der Waals surface area contributed by atoms with Crippen LogP contribution >= 0.6 is 0 Å². The molecule has 0 bridgehead atoms. The van der Waals surface area contributed by atoms with Crippen LogP contribution in [0, 0.1) is 0 Å². The number of nitrogens with one attached hydrogen (secondary N) is 4. The van der Waals surface area contributed by atoms with Gasteiger partial charge in [0.1, 0.15) is 17.7 Å². The standard InChI is InChI=1S/C20H25N3O6.C19H24N4O6.C12H25NO4/c1-2-9-28-11-12-29-10-8-21-14-5-3-4-13-17(14)20(27)23(19(13)26)15-6-7-16(24)22-18(15)25;20-6-8-28-10-11-29-9-7-21-13-3-1-2-12-16(13)19(27)23(18(12)26)14-4-5-15(24)22-17(14)25;1-12(2,3)17-11(14)5-4-7-15-9-10-16-8-6-13/h3-5,15,21H,2,6-12H2,1H3,(H,22,24,25);1-3,14,21H,4-11,20H2,(H,22,24,25);4-10,13H2,1-3H3. The van der Waals surface area contributed by atoms with Gasteiger partial charge in [-0.15, -0.1) is 0 Å². The van der Waals surface area contributed by atoms with Crippen LogP contribution in [0.4, 0.5) is 11.4 Å². The molecule has 75 heavy (non-hydrogen) atoms. The molecule has 2 unspecified atom stereocenters. The molecule has 0 aromatic heterocycles.